The molecule has 0 bridgehead atoms. The fourth-order valence-electron chi connectivity index (χ4n) is 3.02. The van der Waals surface area contributed by atoms with E-state index in [1.807, 2.05) is 0 Å². The fourth-order valence-corrected chi connectivity index (χ4v) is 3.89. The number of hydrogen-bond donors (Lipinski definition) is 4. The minimum absolute atomic E-state index is 0.0724. The van der Waals surface area contributed by atoms with Crippen LogP contribution < -0.4 is 16.0 Å². The molecule has 0 aliphatic rings. The average Bonchev–Trinajstić information content (AvgIpc) is 2.81. The summed E-state index contributed by atoms with van der Waals surface area (Å²) in [5.74, 6) is -2.04. The van der Waals surface area contributed by atoms with E-state index in [9.17, 15) is 24.3 Å². The van der Waals surface area contributed by atoms with Crippen LogP contribution in [0.2, 0.25) is 0 Å². The Balaban J connectivity index is 1.56. The third-order valence-electron chi connectivity index (χ3n) is 4.67. The highest BCUT2D eigenvalue weighted by Gasteiger charge is 2.17. The van der Waals surface area contributed by atoms with Gasteiger partial charge in [0.05, 0.1) is 16.4 Å². The Morgan fingerprint density at radius 1 is 0.735 bits per heavy atom. The molecule has 0 saturated heterocycles. The predicted octanol–water partition coefficient (Wildman–Crippen LogP) is 4.71. The minimum atomic E-state index is -1.17. The van der Waals surface area contributed by atoms with E-state index >= 15 is 0 Å². The first-order valence-electron chi connectivity index (χ1n) is 10.3. The monoisotopic (exact) mass is 477 g/mol. The summed E-state index contributed by atoms with van der Waals surface area (Å²) in [4.78, 5) is 48.2. The molecule has 0 aliphatic carbocycles. The summed E-state index contributed by atoms with van der Waals surface area (Å²) in [6, 6.07) is 19.7. The molecule has 0 heterocycles. The smallest absolute Gasteiger partial charge is 0.336 e. The van der Waals surface area contributed by atoms with Gasteiger partial charge in [-0.3, -0.25) is 14.4 Å². The number of nitrogens with one attached hydrogen (secondary N) is 3. The van der Waals surface area contributed by atoms with Gasteiger partial charge in [0.25, 0.3) is 5.91 Å². The van der Waals surface area contributed by atoms with Crippen LogP contribution in [0.1, 0.15) is 34.6 Å². The number of carbonyl (C=O) groups is 4. The molecule has 3 amide bonds. The maximum atomic E-state index is 12.5. The van der Waals surface area contributed by atoms with Crippen molar-refractivity contribution in [2.75, 3.05) is 16.0 Å². The molecule has 9 heteroatoms. The van der Waals surface area contributed by atoms with Crippen LogP contribution in [0.4, 0.5) is 17.1 Å². The van der Waals surface area contributed by atoms with Crippen molar-refractivity contribution in [3.8, 4) is 0 Å². The molecule has 3 aromatic rings. The van der Waals surface area contributed by atoms with E-state index in [1.165, 1.54) is 30.8 Å². The summed E-state index contributed by atoms with van der Waals surface area (Å²) in [5.41, 5.74) is 1.77. The van der Waals surface area contributed by atoms with Gasteiger partial charge in [0.15, 0.2) is 0 Å². The van der Waals surface area contributed by atoms with E-state index in [0.29, 0.717) is 17.1 Å². The van der Waals surface area contributed by atoms with Crippen molar-refractivity contribution in [1.82, 2.24) is 0 Å². The Labute approximate surface area is 200 Å². The molecule has 0 aromatic heterocycles. The van der Waals surface area contributed by atoms with Crippen molar-refractivity contribution in [2.24, 2.45) is 0 Å². The molecule has 0 unspecified atom stereocenters. The quantitative estimate of drug-likeness (QED) is 0.348. The zero-order valence-electron chi connectivity index (χ0n) is 18.5. The molecule has 8 nitrogen and oxygen atoms in total. The highest BCUT2D eigenvalue weighted by Crippen LogP contribution is 2.26. The normalized spacial score (nSPS) is 11.2. The van der Waals surface area contributed by atoms with Crippen molar-refractivity contribution in [2.45, 2.75) is 24.0 Å². The van der Waals surface area contributed by atoms with Crippen LogP contribution in [0, 0.1) is 0 Å². The summed E-state index contributed by atoms with van der Waals surface area (Å²) in [7, 11) is 0. The van der Waals surface area contributed by atoms with Crippen LogP contribution in [-0.4, -0.2) is 34.0 Å². The van der Waals surface area contributed by atoms with Crippen LogP contribution in [0.5, 0.6) is 0 Å². The van der Waals surface area contributed by atoms with Crippen molar-refractivity contribution in [1.29, 1.82) is 0 Å². The Hall–Kier alpha value is -4.11. The predicted molar refractivity (Wildman–Crippen MR) is 132 cm³/mol. The van der Waals surface area contributed by atoms with Crippen LogP contribution in [0.15, 0.2) is 77.7 Å². The Morgan fingerprint density at radius 2 is 1.24 bits per heavy atom. The van der Waals surface area contributed by atoms with Crippen LogP contribution in [0.3, 0.4) is 0 Å². The second-order valence-corrected chi connectivity index (χ2v) is 8.75. The third kappa shape index (κ3) is 6.69. The fraction of sp³-hybridized carbons (Fsp3) is 0.120. The molecule has 1 atom stereocenters. The Kier molecular flexibility index (Phi) is 8.05. The van der Waals surface area contributed by atoms with Gasteiger partial charge in [-0.05, 0) is 67.6 Å². The molecule has 0 radical (unpaired) electrons. The lowest BCUT2D eigenvalue weighted by atomic mass is 10.1. The van der Waals surface area contributed by atoms with Gasteiger partial charge >= 0.3 is 5.97 Å². The second-order valence-electron chi connectivity index (χ2n) is 7.34. The number of amides is 3. The van der Waals surface area contributed by atoms with E-state index in [4.69, 9.17) is 0 Å². The molecular weight excluding hydrogens is 454 g/mol. The van der Waals surface area contributed by atoms with Crippen molar-refractivity contribution >= 4 is 52.5 Å². The van der Waals surface area contributed by atoms with E-state index in [0.717, 1.165) is 4.90 Å². The lowest BCUT2D eigenvalue weighted by molar-refractivity contribution is -0.115. The standard InChI is InChI=1S/C25H23N3O5S/c1-15(23(30)27-18-9-7-17(8-10-18)26-16(2)29)34-20-13-11-19(12-14-20)28-24(31)21-5-3-4-6-22(21)25(32)33/h3-15H,1-2H3,(H,26,29)(H,27,30)(H,28,31)(H,32,33)/t15-/m0/s1. The Morgan fingerprint density at radius 3 is 1.79 bits per heavy atom. The van der Waals surface area contributed by atoms with Crippen LogP contribution in [0.25, 0.3) is 0 Å². The highest BCUT2D eigenvalue weighted by molar-refractivity contribution is 8.00. The molecular formula is C25H23N3O5S. The summed E-state index contributed by atoms with van der Waals surface area (Å²) in [6.07, 6.45) is 0. The summed E-state index contributed by atoms with van der Waals surface area (Å²) >= 11 is 1.35. The number of anilines is 3. The van der Waals surface area contributed by atoms with E-state index in [2.05, 4.69) is 16.0 Å². The first-order chi connectivity index (χ1) is 16.2. The molecule has 0 aliphatic heterocycles. The van der Waals surface area contributed by atoms with E-state index in [1.54, 1.807) is 67.6 Å². The van der Waals surface area contributed by atoms with Crippen LogP contribution in [-0.2, 0) is 9.59 Å². The van der Waals surface area contributed by atoms with Gasteiger partial charge in [0, 0.05) is 28.9 Å². The lowest BCUT2D eigenvalue weighted by Gasteiger charge is -2.13. The van der Waals surface area contributed by atoms with Gasteiger partial charge in [-0.2, -0.15) is 0 Å². The van der Waals surface area contributed by atoms with Crippen molar-refractivity contribution in [3.63, 3.8) is 0 Å². The van der Waals surface area contributed by atoms with Gasteiger partial charge in [0.2, 0.25) is 11.8 Å². The largest absolute Gasteiger partial charge is 0.478 e. The number of aromatic carboxylic acids is 1. The Bertz CT molecular complexity index is 1210. The van der Waals surface area contributed by atoms with E-state index in [-0.39, 0.29) is 22.9 Å². The number of benzene rings is 3. The number of carboxylic acid groups (broad SMARTS) is 1. The topological polar surface area (TPSA) is 125 Å². The van der Waals surface area contributed by atoms with Gasteiger partial charge in [-0.1, -0.05) is 12.1 Å². The molecule has 174 valence electrons. The van der Waals surface area contributed by atoms with Gasteiger partial charge in [-0.25, -0.2) is 4.79 Å². The number of rotatable bonds is 8. The average molecular weight is 478 g/mol. The SMILES string of the molecule is CC(=O)Nc1ccc(NC(=O)[C@H](C)Sc2ccc(NC(=O)c3ccccc3C(=O)O)cc2)cc1. The number of hydrogen-bond acceptors (Lipinski definition) is 5. The second kappa shape index (κ2) is 11.2. The molecule has 4 N–H and O–H groups in total. The lowest BCUT2D eigenvalue weighted by Crippen LogP contribution is -2.22. The summed E-state index contributed by atoms with van der Waals surface area (Å²) in [5, 5.41) is 17.1. The first kappa shape index (κ1) is 24.5. The first-order valence-corrected chi connectivity index (χ1v) is 11.2. The molecule has 3 rings (SSSR count). The highest BCUT2D eigenvalue weighted by atomic mass is 32.2. The molecule has 0 fully saturated rings. The maximum absolute atomic E-state index is 12.5. The van der Waals surface area contributed by atoms with Crippen LogP contribution >= 0.6 is 11.8 Å². The van der Waals surface area contributed by atoms with Gasteiger partial charge in [-0.15, -0.1) is 11.8 Å². The minimum Gasteiger partial charge on any atom is -0.478 e. The van der Waals surface area contributed by atoms with E-state index < -0.39 is 17.1 Å². The third-order valence-corrected chi connectivity index (χ3v) is 5.78. The maximum Gasteiger partial charge on any atom is 0.336 e. The zero-order valence-corrected chi connectivity index (χ0v) is 19.3. The van der Waals surface area contributed by atoms with Gasteiger partial charge < -0.3 is 21.1 Å². The summed E-state index contributed by atoms with van der Waals surface area (Å²) < 4.78 is 0. The number of thioether (sulfide) groups is 1. The number of carbonyl (C=O) groups excluding carboxylic acids is 3. The molecule has 34 heavy (non-hydrogen) atoms. The molecule has 0 saturated carbocycles. The zero-order chi connectivity index (χ0) is 24.7. The molecule has 0 spiro atoms. The van der Waals surface area contributed by atoms with Crippen molar-refractivity contribution < 1.29 is 24.3 Å². The number of carboxylic acids is 1. The molecule has 3 aromatic carbocycles. The van der Waals surface area contributed by atoms with Gasteiger partial charge in [0.1, 0.15) is 0 Å². The summed E-state index contributed by atoms with van der Waals surface area (Å²) in [6.45, 7) is 3.21. The van der Waals surface area contributed by atoms with Crippen molar-refractivity contribution in [3.05, 3.63) is 83.9 Å².